The van der Waals surface area contributed by atoms with Crippen LogP contribution in [0.5, 0.6) is 17.2 Å². The lowest BCUT2D eigenvalue weighted by Crippen LogP contribution is -2.38. The second-order valence-corrected chi connectivity index (χ2v) is 11.3. The Hall–Kier alpha value is -5.23. The van der Waals surface area contributed by atoms with Crippen LogP contribution >= 0.6 is 0 Å². The van der Waals surface area contributed by atoms with E-state index in [0.717, 1.165) is 11.1 Å². The first-order valence-corrected chi connectivity index (χ1v) is 14.5. The zero-order valence-corrected chi connectivity index (χ0v) is 25.9. The molecule has 46 heavy (non-hydrogen) atoms. The molecule has 2 aromatic heterocycles. The summed E-state index contributed by atoms with van der Waals surface area (Å²) < 4.78 is 44.6. The summed E-state index contributed by atoms with van der Waals surface area (Å²) in [5.41, 5.74) is 7.19. The van der Waals surface area contributed by atoms with Gasteiger partial charge in [-0.2, -0.15) is 13.9 Å². The van der Waals surface area contributed by atoms with Crippen LogP contribution < -0.4 is 24.8 Å². The number of aromatic nitrogens is 3. The van der Waals surface area contributed by atoms with Crippen LogP contribution in [0.1, 0.15) is 42.3 Å². The van der Waals surface area contributed by atoms with E-state index in [4.69, 9.17) is 20.2 Å². The van der Waals surface area contributed by atoms with Crippen molar-refractivity contribution in [3.05, 3.63) is 102 Å². The first-order chi connectivity index (χ1) is 21.9. The number of nitrogens with zero attached hydrogens (tertiary/aromatic N) is 4. The lowest BCUT2D eigenvalue weighted by molar-refractivity contribution is -0.0502. The number of nitrogens with two attached hydrogens (primary N) is 1. The highest BCUT2D eigenvalue weighted by Crippen LogP contribution is 2.39. The van der Waals surface area contributed by atoms with Gasteiger partial charge in [0, 0.05) is 18.7 Å². The number of fused-ring (bicyclic) bond motifs is 1. The molecule has 0 saturated carbocycles. The van der Waals surface area contributed by atoms with Gasteiger partial charge in [-0.05, 0) is 49.6 Å². The molecule has 5 aromatic rings. The van der Waals surface area contributed by atoms with Gasteiger partial charge in [0.15, 0.2) is 17.2 Å². The molecule has 12 heteroatoms. The molecule has 1 unspecified atom stereocenters. The Morgan fingerprint density at radius 3 is 2.09 bits per heavy atom. The minimum Gasteiger partial charge on any atom is -0.496 e. The molecule has 0 saturated heterocycles. The monoisotopic (exact) mass is 631 g/mol. The van der Waals surface area contributed by atoms with Crippen LogP contribution in [-0.4, -0.2) is 51.0 Å². The number of primary amides is 1. The lowest BCUT2D eigenvalue weighted by Gasteiger charge is -2.30. The molecule has 240 valence electrons. The fourth-order valence-corrected chi connectivity index (χ4v) is 4.89. The topological polar surface area (TPSA) is 124 Å². The van der Waals surface area contributed by atoms with Gasteiger partial charge in [-0.15, -0.1) is 0 Å². The predicted octanol–water partition coefficient (Wildman–Crippen LogP) is 5.85. The molecule has 0 fully saturated rings. The van der Waals surface area contributed by atoms with E-state index in [-0.39, 0.29) is 11.3 Å². The number of carbonyl (C=O) groups excluding carboxylic acids is 1. The maximum absolute atomic E-state index is 13.4. The van der Waals surface area contributed by atoms with Crippen molar-refractivity contribution < 1.29 is 32.9 Å². The predicted molar refractivity (Wildman–Crippen MR) is 169 cm³/mol. The largest absolute Gasteiger partial charge is 0.496 e. The van der Waals surface area contributed by atoms with E-state index in [1.807, 2.05) is 60.7 Å². The minimum absolute atomic E-state index is 0.0473. The number of rotatable bonds is 13. The Kier molecular flexibility index (Phi) is 9.38. The molecule has 3 aromatic carbocycles. The Morgan fingerprint density at radius 2 is 1.57 bits per heavy atom. The van der Waals surface area contributed by atoms with Gasteiger partial charge < -0.3 is 30.0 Å². The third kappa shape index (κ3) is 7.18. The zero-order chi connectivity index (χ0) is 33.0. The second-order valence-electron chi connectivity index (χ2n) is 11.3. The van der Waals surface area contributed by atoms with Gasteiger partial charge in [-0.1, -0.05) is 60.7 Å². The number of alkyl halides is 2. The molecule has 1 amide bonds. The van der Waals surface area contributed by atoms with Crippen molar-refractivity contribution in [2.24, 2.45) is 5.73 Å². The quantitative estimate of drug-likeness (QED) is 0.166. The fraction of sp³-hybridized carbons (Fsp3) is 0.265. The van der Waals surface area contributed by atoms with Crippen molar-refractivity contribution in [1.29, 1.82) is 0 Å². The van der Waals surface area contributed by atoms with Crippen LogP contribution in [0.3, 0.4) is 0 Å². The molecule has 3 N–H and O–H groups in total. The van der Waals surface area contributed by atoms with Crippen LogP contribution in [-0.2, 0) is 13.1 Å². The summed E-state index contributed by atoms with van der Waals surface area (Å²) in [6, 6.07) is 22.5. The number of aliphatic hydroxyl groups is 1. The number of halogens is 2. The number of anilines is 1. The van der Waals surface area contributed by atoms with Crippen molar-refractivity contribution in [1.82, 2.24) is 14.6 Å². The fourth-order valence-electron chi connectivity index (χ4n) is 4.89. The lowest BCUT2D eigenvalue weighted by atomic mass is 10.0. The SMILES string of the molecule is COc1cc(-c2cnn3cc(OC(C)C(C)(C)O)c(N(Cc4ccccc4)Cc4ccccc4)nc23)cc(OC(F)F)c1C(N)=O. The standard InChI is InChI=1S/C34H35F2N5O5/c1-21(34(2,3)43)45-28-20-41-31(25(17-38-41)24-15-26(44-4)29(30(37)42)27(16-24)46-33(35)36)39-32(28)40(18-22-11-7-5-8-12-22)19-23-13-9-6-10-14-23/h5-17,20-21,33,43H,18-19H2,1-4H3,(H2,37,42). The first kappa shape index (κ1) is 32.2. The highest BCUT2D eigenvalue weighted by atomic mass is 19.3. The average molecular weight is 632 g/mol. The molecule has 2 heterocycles. The molecule has 0 spiro atoms. The Labute approximate surface area is 265 Å². The summed E-state index contributed by atoms with van der Waals surface area (Å²) in [5.74, 6) is -0.645. The number of amides is 1. The summed E-state index contributed by atoms with van der Waals surface area (Å²) in [7, 11) is 1.29. The third-order valence-corrected chi connectivity index (χ3v) is 7.53. The van der Waals surface area contributed by atoms with Crippen molar-refractivity contribution in [2.75, 3.05) is 12.0 Å². The van der Waals surface area contributed by atoms with E-state index >= 15 is 0 Å². The van der Waals surface area contributed by atoms with Crippen LogP contribution in [0.25, 0.3) is 16.8 Å². The normalized spacial score (nSPS) is 12.3. The van der Waals surface area contributed by atoms with Crippen molar-refractivity contribution in [3.63, 3.8) is 0 Å². The second kappa shape index (κ2) is 13.4. The van der Waals surface area contributed by atoms with Gasteiger partial charge in [0.05, 0.1) is 25.1 Å². The van der Waals surface area contributed by atoms with Gasteiger partial charge in [0.2, 0.25) is 0 Å². The summed E-state index contributed by atoms with van der Waals surface area (Å²) in [4.78, 5) is 19.3. The van der Waals surface area contributed by atoms with E-state index in [9.17, 15) is 18.7 Å². The van der Waals surface area contributed by atoms with Gasteiger partial charge in [0.25, 0.3) is 5.91 Å². The summed E-state index contributed by atoms with van der Waals surface area (Å²) >= 11 is 0. The summed E-state index contributed by atoms with van der Waals surface area (Å²) in [6.45, 7) is 2.78. The van der Waals surface area contributed by atoms with Crippen LogP contribution in [0, 0.1) is 0 Å². The number of carbonyl (C=O) groups is 1. The Balaban J connectivity index is 1.71. The highest BCUT2D eigenvalue weighted by Gasteiger charge is 2.28. The minimum atomic E-state index is -3.21. The van der Waals surface area contributed by atoms with Crippen LogP contribution in [0.4, 0.5) is 14.6 Å². The maximum atomic E-state index is 13.4. The Morgan fingerprint density at radius 1 is 0.978 bits per heavy atom. The van der Waals surface area contributed by atoms with E-state index in [0.29, 0.717) is 41.4 Å². The van der Waals surface area contributed by atoms with E-state index in [1.54, 1.807) is 27.0 Å². The number of methoxy groups -OCH3 is 1. The van der Waals surface area contributed by atoms with Gasteiger partial charge in [-0.25, -0.2) is 9.50 Å². The zero-order valence-electron chi connectivity index (χ0n) is 25.9. The van der Waals surface area contributed by atoms with Crippen LogP contribution in [0.2, 0.25) is 0 Å². The number of hydrogen-bond acceptors (Lipinski definition) is 8. The van der Waals surface area contributed by atoms with Gasteiger partial charge in [0.1, 0.15) is 23.2 Å². The summed E-state index contributed by atoms with van der Waals surface area (Å²) in [6.07, 6.45) is 2.55. The smallest absolute Gasteiger partial charge is 0.387 e. The molecule has 0 aliphatic heterocycles. The van der Waals surface area contributed by atoms with Crippen molar-refractivity contribution in [2.45, 2.75) is 52.2 Å². The van der Waals surface area contributed by atoms with E-state index in [2.05, 4.69) is 14.7 Å². The first-order valence-electron chi connectivity index (χ1n) is 14.5. The van der Waals surface area contributed by atoms with Crippen LogP contribution in [0.15, 0.2) is 85.2 Å². The van der Waals surface area contributed by atoms with Gasteiger partial charge in [-0.3, -0.25) is 4.79 Å². The Bertz CT molecular complexity index is 1770. The molecule has 5 rings (SSSR count). The van der Waals surface area contributed by atoms with Crippen molar-refractivity contribution in [3.8, 4) is 28.4 Å². The highest BCUT2D eigenvalue weighted by molar-refractivity contribution is 6.00. The van der Waals surface area contributed by atoms with Gasteiger partial charge >= 0.3 is 6.61 Å². The molecule has 0 bridgehead atoms. The van der Waals surface area contributed by atoms with E-state index in [1.165, 1.54) is 30.0 Å². The molecule has 10 nitrogen and oxygen atoms in total. The number of hydrogen-bond donors (Lipinski definition) is 2. The molecule has 0 aliphatic rings. The molecule has 1 atom stereocenters. The molecular weight excluding hydrogens is 596 g/mol. The maximum Gasteiger partial charge on any atom is 0.387 e. The van der Waals surface area contributed by atoms with Crippen molar-refractivity contribution >= 4 is 17.4 Å². The van der Waals surface area contributed by atoms with E-state index < -0.39 is 30.0 Å². The molecule has 0 aliphatic carbocycles. The number of benzene rings is 3. The molecule has 0 radical (unpaired) electrons. The summed E-state index contributed by atoms with van der Waals surface area (Å²) in [5, 5.41) is 15.2. The number of ether oxygens (including phenoxy) is 3. The third-order valence-electron chi connectivity index (χ3n) is 7.53. The average Bonchev–Trinajstić information content (AvgIpc) is 3.43. The molecular formula is C34H35F2N5O5.